The summed E-state index contributed by atoms with van der Waals surface area (Å²) in [6.45, 7) is 12.4. The Kier molecular flexibility index (Phi) is 8.84. The second-order valence-corrected chi connectivity index (χ2v) is 17.6. The van der Waals surface area contributed by atoms with Crippen LogP contribution in [0.15, 0.2) is 36.4 Å². The van der Waals surface area contributed by atoms with Crippen LogP contribution in [0.4, 0.5) is 8.78 Å². The largest absolute Gasteiger partial charge is 0.395 e. The second-order valence-electron chi connectivity index (χ2n) is 12.0. The van der Waals surface area contributed by atoms with Crippen LogP contribution in [0.1, 0.15) is 44.2 Å². The topological polar surface area (TPSA) is 47.3 Å². The van der Waals surface area contributed by atoms with Crippen LogP contribution in [-0.4, -0.2) is 43.3 Å². The minimum Gasteiger partial charge on any atom is -0.395 e. The molecule has 0 spiro atoms. The Hall–Kier alpha value is -1.93. The molecular weight excluding hydrogens is 529 g/mol. The van der Waals surface area contributed by atoms with E-state index in [1.807, 2.05) is 25.7 Å². The molecule has 0 aromatic heterocycles. The Labute approximate surface area is 230 Å². The van der Waals surface area contributed by atoms with Gasteiger partial charge in [0, 0.05) is 28.6 Å². The van der Waals surface area contributed by atoms with E-state index in [1.165, 1.54) is 18.2 Å². The average Bonchev–Trinajstić information content (AvgIpc) is 3.02. The molecule has 1 N–H and O–H groups in total. The third-order valence-electron chi connectivity index (χ3n) is 6.82. The maximum atomic E-state index is 15.7. The SMILES string of the molecule is CC(C)(C)CC1N(CC#C[Si](C)(C)C)[C@@H](CO)[C@H](c2cccc(Cl)c2F)C1(C#N)c1ccc(Cl)cc1F. The lowest BCUT2D eigenvalue weighted by Gasteiger charge is -2.39. The van der Waals surface area contributed by atoms with Gasteiger partial charge in [0.1, 0.15) is 25.1 Å². The van der Waals surface area contributed by atoms with Crippen molar-refractivity contribution < 1.29 is 13.9 Å². The summed E-state index contributed by atoms with van der Waals surface area (Å²) in [6.07, 6.45) is 0.479. The van der Waals surface area contributed by atoms with Crippen LogP contribution < -0.4 is 0 Å². The Balaban J connectivity index is 2.41. The molecule has 198 valence electrons. The minimum atomic E-state index is -1.72. The highest BCUT2D eigenvalue weighted by molar-refractivity contribution is 6.83. The number of aliphatic hydroxyl groups is 1. The monoisotopic (exact) mass is 562 g/mol. The van der Waals surface area contributed by atoms with Gasteiger partial charge in [0.2, 0.25) is 0 Å². The number of hydrogen-bond donors (Lipinski definition) is 1. The maximum absolute atomic E-state index is 15.7. The van der Waals surface area contributed by atoms with Crippen molar-refractivity contribution >= 4 is 31.3 Å². The van der Waals surface area contributed by atoms with Crippen LogP contribution in [0.2, 0.25) is 29.7 Å². The van der Waals surface area contributed by atoms with Crippen molar-refractivity contribution in [1.29, 1.82) is 5.26 Å². The van der Waals surface area contributed by atoms with Crippen molar-refractivity contribution in [3.8, 4) is 17.5 Å². The van der Waals surface area contributed by atoms with Crippen LogP contribution >= 0.6 is 23.2 Å². The van der Waals surface area contributed by atoms with E-state index in [9.17, 15) is 10.4 Å². The Morgan fingerprint density at radius 2 is 1.81 bits per heavy atom. The number of nitriles is 1. The summed E-state index contributed by atoms with van der Waals surface area (Å²) in [4.78, 5) is 1.97. The van der Waals surface area contributed by atoms with Gasteiger partial charge in [-0.25, -0.2) is 8.78 Å². The van der Waals surface area contributed by atoms with Gasteiger partial charge < -0.3 is 5.11 Å². The van der Waals surface area contributed by atoms with Gasteiger partial charge in [-0.3, -0.25) is 4.90 Å². The zero-order chi connectivity index (χ0) is 27.8. The van der Waals surface area contributed by atoms with Crippen LogP contribution in [0, 0.1) is 39.8 Å². The minimum absolute atomic E-state index is 0.0954. The van der Waals surface area contributed by atoms with E-state index in [-0.39, 0.29) is 39.7 Å². The molecule has 0 bridgehead atoms. The number of rotatable bonds is 5. The zero-order valence-corrected chi connectivity index (χ0v) is 24.7. The molecule has 0 amide bonds. The maximum Gasteiger partial charge on any atom is 0.145 e. The van der Waals surface area contributed by atoms with Crippen molar-refractivity contribution in [2.45, 2.75) is 70.2 Å². The predicted molar refractivity (Wildman–Crippen MR) is 149 cm³/mol. The predicted octanol–water partition coefficient (Wildman–Crippen LogP) is 7.18. The molecule has 1 heterocycles. The van der Waals surface area contributed by atoms with Gasteiger partial charge in [-0.15, -0.1) is 5.54 Å². The van der Waals surface area contributed by atoms with E-state index < -0.39 is 43.1 Å². The lowest BCUT2D eigenvalue weighted by molar-refractivity contribution is 0.113. The van der Waals surface area contributed by atoms with Gasteiger partial charge in [-0.1, -0.05) is 87.7 Å². The molecule has 0 aliphatic carbocycles. The van der Waals surface area contributed by atoms with Gasteiger partial charge in [-0.05, 0) is 35.6 Å². The molecule has 1 saturated heterocycles. The van der Waals surface area contributed by atoms with Crippen molar-refractivity contribution in [2.24, 2.45) is 5.41 Å². The van der Waals surface area contributed by atoms with Crippen molar-refractivity contribution in [2.75, 3.05) is 13.2 Å². The first-order valence-electron chi connectivity index (χ1n) is 12.3. The molecule has 37 heavy (non-hydrogen) atoms. The molecule has 1 aliphatic rings. The summed E-state index contributed by atoms with van der Waals surface area (Å²) in [5.41, 5.74) is 1.81. The molecule has 2 aromatic rings. The molecule has 3 nitrogen and oxygen atoms in total. The second kappa shape index (κ2) is 11.0. The Morgan fingerprint density at radius 3 is 2.35 bits per heavy atom. The van der Waals surface area contributed by atoms with E-state index >= 15 is 8.78 Å². The highest BCUT2D eigenvalue weighted by atomic mass is 35.5. The highest BCUT2D eigenvalue weighted by Crippen LogP contribution is 2.56. The van der Waals surface area contributed by atoms with E-state index in [4.69, 9.17) is 23.2 Å². The van der Waals surface area contributed by atoms with Gasteiger partial charge >= 0.3 is 0 Å². The first-order valence-corrected chi connectivity index (χ1v) is 16.6. The summed E-state index contributed by atoms with van der Waals surface area (Å²) < 4.78 is 31.4. The zero-order valence-electron chi connectivity index (χ0n) is 22.2. The lowest BCUT2D eigenvalue weighted by atomic mass is 9.62. The number of halogens is 4. The van der Waals surface area contributed by atoms with E-state index in [0.29, 0.717) is 6.42 Å². The first kappa shape index (κ1) is 29.6. The first-order chi connectivity index (χ1) is 17.2. The van der Waals surface area contributed by atoms with Crippen molar-refractivity contribution in [3.63, 3.8) is 0 Å². The van der Waals surface area contributed by atoms with Crippen LogP contribution in [-0.2, 0) is 5.41 Å². The lowest BCUT2D eigenvalue weighted by Crippen LogP contribution is -2.47. The van der Waals surface area contributed by atoms with Crippen LogP contribution in [0.5, 0.6) is 0 Å². The molecule has 0 saturated carbocycles. The van der Waals surface area contributed by atoms with Crippen molar-refractivity contribution in [3.05, 3.63) is 69.2 Å². The number of aliphatic hydroxyl groups excluding tert-OH is 1. The molecule has 3 rings (SSSR count). The summed E-state index contributed by atoms with van der Waals surface area (Å²) >= 11 is 12.3. The molecule has 1 fully saturated rings. The number of likely N-dealkylation sites (tertiary alicyclic amines) is 1. The smallest absolute Gasteiger partial charge is 0.145 e. The van der Waals surface area contributed by atoms with E-state index in [1.54, 1.807) is 18.2 Å². The fraction of sp³-hybridized carbons (Fsp3) is 0.483. The van der Waals surface area contributed by atoms with Crippen LogP contribution in [0.3, 0.4) is 0 Å². The van der Waals surface area contributed by atoms with E-state index in [2.05, 4.69) is 37.2 Å². The summed E-state index contributed by atoms with van der Waals surface area (Å²) in [6, 6.07) is 10.0. The highest BCUT2D eigenvalue weighted by Gasteiger charge is 2.62. The Morgan fingerprint density at radius 1 is 1.14 bits per heavy atom. The van der Waals surface area contributed by atoms with Gasteiger partial charge in [0.15, 0.2) is 0 Å². The number of hydrogen-bond acceptors (Lipinski definition) is 3. The molecule has 1 aliphatic heterocycles. The normalized spacial score (nSPS) is 24.4. The quantitative estimate of drug-likeness (QED) is 0.310. The molecule has 4 atom stereocenters. The third kappa shape index (κ3) is 6.05. The number of nitrogens with zero attached hydrogens (tertiary/aromatic N) is 2. The fourth-order valence-corrected chi connectivity index (χ4v) is 6.43. The van der Waals surface area contributed by atoms with Gasteiger partial charge in [0.05, 0.1) is 24.2 Å². The molecule has 2 aromatic carbocycles. The molecule has 0 radical (unpaired) electrons. The van der Waals surface area contributed by atoms with Gasteiger partial charge in [-0.2, -0.15) is 5.26 Å². The molecular formula is C29H34Cl2F2N2OSi. The van der Waals surface area contributed by atoms with Crippen LogP contribution in [0.25, 0.3) is 0 Å². The van der Waals surface area contributed by atoms with E-state index in [0.717, 1.165) is 0 Å². The standard InChI is InChI=1S/C29H34Cl2F2N2OSi/c1-28(2,3)16-25-29(18-34,21-12-11-19(30)15-23(21)32)26(20-9-7-10-22(31)27(20)33)24(17-36)35(25)13-8-14-37(4,5)6/h7,9-12,15,24-26,36H,13,16-17H2,1-6H3/t24-,25?,26-,29?/m0/s1. The fourth-order valence-electron chi connectivity index (χ4n) is 5.48. The summed E-state index contributed by atoms with van der Waals surface area (Å²) in [5, 5.41) is 21.8. The molecule has 2 unspecified atom stereocenters. The third-order valence-corrected chi connectivity index (χ3v) is 8.28. The molecule has 8 heteroatoms. The van der Waals surface area contributed by atoms with Crippen molar-refractivity contribution in [1.82, 2.24) is 4.90 Å². The Bertz CT molecular complexity index is 1260. The summed E-state index contributed by atoms with van der Waals surface area (Å²) in [7, 11) is -1.72. The van der Waals surface area contributed by atoms with Gasteiger partial charge in [0.25, 0.3) is 0 Å². The summed E-state index contributed by atoms with van der Waals surface area (Å²) in [5.74, 6) is 1.03. The number of benzene rings is 2. The average molecular weight is 564 g/mol.